The predicted molar refractivity (Wildman–Crippen MR) is 135 cm³/mol. The summed E-state index contributed by atoms with van der Waals surface area (Å²) in [6.07, 6.45) is 1.47. The van der Waals surface area contributed by atoms with E-state index < -0.39 is 22.5 Å². The molecule has 2 N–H and O–H groups in total. The van der Waals surface area contributed by atoms with Gasteiger partial charge in [0, 0.05) is 29.2 Å². The molecule has 8 nitrogen and oxygen atoms in total. The van der Waals surface area contributed by atoms with Crippen LogP contribution >= 0.6 is 15.9 Å². The second-order valence-corrected chi connectivity index (χ2v) is 10.1. The lowest BCUT2D eigenvalue weighted by Crippen LogP contribution is -2.39. The molecule has 0 unspecified atom stereocenters. The number of halogens is 1. The summed E-state index contributed by atoms with van der Waals surface area (Å²) in [6.45, 7) is 0.930. The third kappa shape index (κ3) is 7.08. The van der Waals surface area contributed by atoms with Crippen LogP contribution in [0.2, 0.25) is 0 Å². The molecule has 3 rings (SSSR count). The van der Waals surface area contributed by atoms with Crippen molar-refractivity contribution in [2.45, 2.75) is 18.4 Å². The minimum atomic E-state index is -4.02. The van der Waals surface area contributed by atoms with Gasteiger partial charge in [-0.25, -0.2) is 13.8 Å². The monoisotopic (exact) mass is 542 g/mol. The Bertz CT molecular complexity index is 1280. The van der Waals surface area contributed by atoms with Gasteiger partial charge in [-0.15, -0.1) is 0 Å². The normalized spacial score (nSPS) is 11.5. The Labute approximate surface area is 206 Å². The summed E-state index contributed by atoms with van der Waals surface area (Å²) in [5, 5.41) is 6.53. The molecule has 3 aromatic rings. The molecule has 0 bridgehead atoms. The van der Waals surface area contributed by atoms with Crippen LogP contribution in [-0.2, 0) is 26.2 Å². The Morgan fingerprint density at radius 3 is 2.26 bits per heavy atom. The van der Waals surface area contributed by atoms with Crippen LogP contribution in [0.15, 0.2) is 93.3 Å². The number of hydrogen-bond donors (Lipinski definition) is 2. The number of sulfonamides is 1. The van der Waals surface area contributed by atoms with E-state index in [2.05, 4.69) is 31.8 Å². The van der Waals surface area contributed by atoms with Gasteiger partial charge in [0.25, 0.3) is 5.91 Å². The zero-order valence-electron chi connectivity index (χ0n) is 18.3. The highest BCUT2D eigenvalue weighted by atomic mass is 79.9. The first-order valence-electron chi connectivity index (χ1n) is 10.2. The molecule has 3 aromatic carbocycles. The summed E-state index contributed by atoms with van der Waals surface area (Å²) >= 11 is 3.40. The van der Waals surface area contributed by atoms with Crippen LogP contribution in [0.3, 0.4) is 0 Å². The lowest BCUT2D eigenvalue weighted by molar-refractivity contribution is -0.121. The smallest absolute Gasteiger partial charge is 0.255 e. The van der Waals surface area contributed by atoms with Gasteiger partial charge in [0.2, 0.25) is 15.9 Å². The Morgan fingerprint density at radius 2 is 1.62 bits per heavy atom. The maximum atomic E-state index is 13.4. The van der Waals surface area contributed by atoms with Crippen molar-refractivity contribution in [3.63, 3.8) is 0 Å². The van der Waals surface area contributed by atoms with Crippen LogP contribution < -0.4 is 10.7 Å². The molecule has 0 aliphatic carbocycles. The van der Waals surface area contributed by atoms with Crippen molar-refractivity contribution in [3.05, 3.63) is 94.5 Å². The molecular formula is C24H23BrN4O4S. The zero-order valence-corrected chi connectivity index (χ0v) is 20.7. The van der Waals surface area contributed by atoms with Crippen molar-refractivity contribution in [3.8, 4) is 0 Å². The van der Waals surface area contributed by atoms with E-state index in [9.17, 15) is 18.0 Å². The van der Waals surface area contributed by atoms with Crippen molar-refractivity contribution < 1.29 is 18.0 Å². The Balaban J connectivity index is 1.79. The highest BCUT2D eigenvalue weighted by molar-refractivity contribution is 9.10. The molecule has 0 aliphatic rings. The largest absolute Gasteiger partial charge is 0.326 e. The molecule has 0 atom stereocenters. The molecule has 0 saturated carbocycles. The van der Waals surface area contributed by atoms with Crippen LogP contribution in [0.1, 0.15) is 18.1 Å². The number of hydrazone groups is 1. The number of benzene rings is 3. The number of hydrogen-bond acceptors (Lipinski definition) is 5. The van der Waals surface area contributed by atoms with Gasteiger partial charge in [-0.2, -0.15) is 9.41 Å². The number of anilines is 1. The summed E-state index contributed by atoms with van der Waals surface area (Å²) in [5.41, 5.74) is 4.34. The first-order chi connectivity index (χ1) is 16.3. The highest BCUT2D eigenvalue weighted by Gasteiger charge is 2.27. The van der Waals surface area contributed by atoms with Crippen molar-refractivity contribution >= 4 is 49.7 Å². The summed E-state index contributed by atoms with van der Waals surface area (Å²) in [6, 6.07) is 22.1. The van der Waals surface area contributed by atoms with Gasteiger partial charge in [-0.05, 0) is 35.9 Å². The number of carbonyl (C=O) groups excluding carboxylic acids is 2. The van der Waals surface area contributed by atoms with E-state index in [1.807, 2.05) is 30.3 Å². The van der Waals surface area contributed by atoms with E-state index in [1.54, 1.807) is 24.3 Å². The maximum absolute atomic E-state index is 13.4. The molecule has 0 aromatic heterocycles. The summed E-state index contributed by atoms with van der Waals surface area (Å²) in [4.78, 5) is 23.8. The average molecular weight is 543 g/mol. The van der Waals surface area contributed by atoms with Crippen LogP contribution in [-0.4, -0.2) is 37.3 Å². The van der Waals surface area contributed by atoms with E-state index in [0.29, 0.717) is 5.69 Å². The minimum Gasteiger partial charge on any atom is -0.326 e. The predicted octanol–water partition coefficient (Wildman–Crippen LogP) is 3.75. The van der Waals surface area contributed by atoms with Crippen molar-refractivity contribution in [1.82, 2.24) is 9.73 Å². The molecule has 176 valence electrons. The third-order valence-corrected chi connectivity index (χ3v) is 7.16. The van der Waals surface area contributed by atoms with E-state index in [1.165, 1.54) is 37.4 Å². The molecule has 0 heterocycles. The molecule has 10 heteroatoms. The Hall–Kier alpha value is -3.34. The van der Waals surface area contributed by atoms with E-state index in [4.69, 9.17) is 0 Å². The van der Waals surface area contributed by atoms with E-state index in [0.717, 1.165) is 19.9 Å². The zero-order chi connectivity index (χ0) is 24.6. The van der Waals surface area contributed by atoms with Gasteiger partial charge < -0.3 is 5.32 Å². The highest BCUT2D eigenvalue weighted by Crippen LogP contribution is 2.20. The van der Waals surface area contributed by atoms with Gasteiger partial charge in [0.15, 0.2) is 0 Å². The Kier molecular flexibility index (Phi) is 8.69. The lowest BCUT2D eigenvalue weighted by Gasteiger charge is -2.21. The van der Waals surface area contributed by atoms with Crippen LogP contribution in [0, 0.1) is 0 Å². The molecule has 2 amide bonds. The second-order valence-electron chi connectivity index (χ2n) is 7.28. The van der Waals surface area contributed by atoms with Crippen molar-refractivity contribution in [2.24, 2.45) is 5.10 Å². The lowest BCUT2D eigenvalue weighted by atomic mass is 10.2. The van der Waals surface area contributed by atoms with Crippen LogP contribution in [0.25, 0.3) is 0 Å². The summed E-state index contributed by atoms with van der Waals surface area (Å²) < 4.78 is 28.6. The van der Waals surface area contributed by atoms with Crippen molar-refractivity contribution in [1.29, 1.82) is 0 Å². The first-order valence-corrected chi connectivity index (χ1v) is 12.5. The molecular weight excluding hydrogens is 520 g/mol. The van der Waals surface area contributed by atoms with Gasteiger partial charge in [0.1, 0.15) is 0 Å². The van der Waals surface area contributed by atoms with Crippen molar-refractivity contribution in [2.75, 3.05) is 11.9 Å². The first kappa shape index (κ1) is 25.3. The number of rotatable bonds is 9. The van der Waals surface area contributed by atoms with Gasteiger partial charge in [0.05, 0.1) is 17.7 Å². The number of nitrogens with zero attached hydrogens (tertiary/aromatic N) is 2. The molecule has 0 saturated heterocycles. The standard InChI is InChI=1S/C24H23BrN4O4S/c1-18(30)27-21-11-13-22(14-12-21)34(32,33)29(16-19-7-3-2-4-8-19)17-24(31)28-26-15-20-9-5-6-10-23(20)25/h2-15H,16-17H2,1H3,(H,27,30)(H,28,31)/b26-15-. The van der Waals surface area contributed by atoms with Crippen LogP contribution in [0.4, 0.5) is 5.69 Å². The number of carbonyl (C=O) groups is 2. The number of amides is 2. The number of nitrogens with one attached hydrogen (secondary N) is 2. The fourth-order valence-electron chi connectivity index (χ4n) is 3.02. The fourth-order valence-corrected chi connectivity index (χ4v) is 4.80. The Morgan fingerprint density at radius 1 is 0.971 bits per heavy atom. The molecule has 0 aliphatic heterocycles. The van der Waals surface area contributed by atoms with Crippen LogP contribution in [0.5, 0.6) is 0 Å². The van der Waals surface area contributed by atoms with E-state index >= 15 is 0 Å². The molecule has 0 radical (unpaired) electrons. The SMILES string of the molecule is CC(=O)Nc1ccc(S(=O)(=O)N(CC(=O)N/N=C\c2ccccc2Br)Cc2ccccc2)cc1. The van der Waals surface area contributed by atoms with Gasteiger partial charge >= 0.3 is 0 Å². The van der Waals surface area contributed by atoms with Gasteiger partial charge in [-0.1, -0.05) is 64.5 Å². The molecule has 0 fully saturated rings. The van der Waals surface area contributed by atoms with E-state index in [-0.39, 0.29) is 17.3 Å². The summed E-state index contributed by atoms with van der Waals surface area (Å²) in [7, 11) is -4.02. The molecule has 0 spiro atoms. The maximum Gasteiger partial charge on any atom is 0.255 e. The fraction of sp³-hybridized carbons (Fsp3) is 0.125. The quantitative estimate of drug-likeness (QED) is 0.317. The summed E-state index contributed by atoms with van der Waals surface area (Å²) in [5.74, 6) is -0.848. The second kappa shape index (κ2) is 11.7. The molecule has 34 heavy (non-hydrogen) atoms. The third-order valence-electron chi connectivity index (χ3n) is 4.63. The topological polar surface area (TPSA) is 108 Å². The van der Waals surface area contributed by atoms with Gasteiger partial charge in [-0.3, -0.25) is 9.59 Å². The minimum absolute atomic E-state index is 0.00190. The average Bonchev–Trinajstić information content (AvgIpc) is 2.80.